The van der Waals surface area contributed by atoms with Crippen LogP contribution in [0.3, 0.4) is 0 Å². The van der Waals surface area contributed by atoms with Crippen molar-refractivity contribution in [1.29, 1.82) is 0 Å². The molecule has 4 heteroatoms. The third-order valence-corrected chi connectivity index (χ3v) is 4.05. The van der Waals surface area contributed by atoms with E-state index < -0.39 is 0 Å². The van der Waals surface area contributed by atoms with Crippen LogP contribution in [0.1, 0.15) is 32.4 Å². The molecular formula is C15H22N4. The highest BCUT2D eigenvalue weighted by Gasteiger charge is 2.27. The smallest absolute Gasteiger partial charge is 0.137 e. The average Bonchev–Trinajstić information content (AvgIpc) is 2.95. The maximum Gasteiger partial charge on any atom is 0.137 e. The maximum atomic E-state index is 5.80. The van der Waals surface area contributed by atoms with Crippen LogP contribution in [0.4, 0.5) is 5.69 Å². The molecular weight excluding hydrogens is 236 g/mol. The number of aromatic nitrogens is 2. The van der Waals surface area contributed by atoms with Gasteiger partial charge in [-0.05, 0) is 45.4 Å². The van der Waals surface area contributed by atoms with Gasteiger partial charge >= 0.3 is 0 Å². The van der Waals surface area contributed by atoms with Crippen molar-refractivity contribution in [3.63, 3.8) is 0 Å². The highest BCUT2D eigenvalue weighted by molar-refractivity contribution is 5.48. The lowest BCUT2D eigenvalue weighted by molar-refractivity contribution is 0.202. The topological polar surface area (TPSA) is 46.6 Å². The van der Waals surface area contributed by atoms with E-state index in [2.05, 4.69) is 24.9 Å². The number of nitrogens with two attached hydrogens (primary N) is 1. The second kappa shape index (κ2) is 4.85. The molecule has 0 bridgehead atoms. The molecule has 4 nitrogen and oxygen atoms in total. The van der Waals surface area contributed by atoms with Crippen molar-refractivity contribution in [3.8, 4) is 0 Å². The minimum atomic E-state index is 0.625. The molecule has 2 aromatic rings. The number of pyridine rings is 1. The number of nitrogen functional groups attached to an aromatic ring is 1. The summed E-state index contributed by atoms with van der Waals surface area (Å²) in [4.78, 5) is 7.29. The van der Waals surface area contributed by atoms with E-state index in [-0.39, 0.29) is 0 Å². The van der Waals surface area contributed by atoms with Gasteiger partial charge < -0.3 is 10.1 Å². The molecule has 2 aromatic heterocycles. The molecule has 1 atom stereocenters. The van der Waals surface area contributed by atoms with Gasteiger partial charge in [-0.25, -0.2) is 4.98 Å². The monoisotopic (exact) mass is 258 g/mol. The summed E-state index contributed by atoms with van der Waals surface area (Å²) in [6, 6.07) is 5.15. The van der Waals surface area contributed by atoms with E-state index in [9.17, 15) is 0 Å². The van der Waals surface area contributed by atoms with Crippen molar-refractivity contribution in [3.05, 3.63) is 30.2 Å². The minimum absolute atomic E-state index is 0.625. The third-order valence-electron chi connectivity index (χ3n) is 4.05. The van der Waals surface area contributed by atoms with Crippen LogP contribution in [-0.2, 0) is 6.42 Å². The summed E-state index contributed by atoms with van der Waals surface area (Å²) in [5, 5.41) is 0. The van der Waals surface area contributed by atoms with Crippen LogP contribution < -0.4 is 5.73 Å². The number of nitrogens with zero attached hydrogens (tertiary/aromatic N) is 3. The summed E-state index contributed by atoms with van der Waals surface area (Å²) in [5.41, 5.74) is 8.73. The number of rotatable bonds is 3. The zero-order chi connectivity index (χ0) is 13.4. The second-order valence-corrected chi connectivity index (χ2v) is 5.79. The van der Waals surface area contributed by atoms with Gasteiger partial charge in [0.15, 0.2) is 0 Å². The standard InChI is InChI=1S/C15H22N4/c1-11(2)19-7-3-4-14(19)8-13-10-18-9-12(16)5-6-15(18)17-13/h5-6,9-11,14H,3-4,7-8,16H2,1-2H3. The van der Waals surface area contributed by atoms with E-state index in [0.717, 1.165) is 17.8 Å². The SMILES string of the molecule is CC(C)N1CCCC1Cc1cn2cc(N)ccc2n1. The molecule has 3 rings (SSSR count). The average molecular weight is 258 g/mol. The van der Waals surface area contributed by atoms with Crippen molar-refractivity contribution < 1.29 is 0 Å². The Hall–Kier alpha value is -1.55. The fourth-order valence-electron chi connectivity index (χ4n) is 3.16. The molecule has 0 spiro atoms. The van der Waals surface area contributed by atoms with Crippen LogP contribution in [0.25, 0.3) is 5.65 Å². The van der Waals surface area contributed by atoms with Gasteiger partial charge in [-0.3, -0.25) is 4.90 Å². The zero-order valence-electron chi connectivity index (χ0n) is 11.7. The molecule has 0 aromatic carbocycles. The summed E-state index contributed by atoms with van der Waals surface area (Å²) in [5.74, 6) is 0. The van der Waals surface area contributed by atoms with Gasteiger partial charge in [-0.1, -0.05) is 0 Å². The molecule has 1 aliphatic heterocycles. The molecule has 1 saturated heterocycles. The summed E-state index contributed by atoms with van der Waals surface area (Å²) in [6.07, 6.45) is 7.68. The lowest BCUT2D eigenvalue weighted by Crippen LogP contribution is -2.36. The molecule has 1 fully saturated rings. The van der Waals surface area contributed by atoms with Crippen molar-refractivity contribution in [1.82, 2.24) is 14.3 Å². The van der Waals surface area contributed by atoms with E-state index >= 15 is 0 Å². The highest BCUT2D eigenvalue weighted by Crippen LogP contribution is 2.23. The predicted molar refractivity (Wildman–Crippen MR) is 78.2 cm³/mol. The van der Waals surface area contributed by atoms with Crippen LogP contribution in [0.15, 0.2) is 24.5 Å². The van der Waals surface area contributed by atoms with Gasteiger partial charge in [0.25, 0.3) is 0 Å². The molecule has 0 saturated carbocycles. The number of hydrogen-bond acceptors (Lipinski definition) is 3. The molecule has 3 heterocycles. The van der Waals surface area contributed by atoms with Crippen LogP contribution >= 0.6 is 0 Å². The summed E-state index contributed by atoms with van der Waals surface area (Å²) in [7, 11) is 0. The van der Waals surface area contributed by atoms with E-state index in [1.54, 1.807) is 0 Å². The maximum absolute atomic E-state index is 5.80. The quantitative estimate of drug-likeness (QED) is 0.919. The number of anilines is 1. The lowest BCUT2D eigenvalue weighted by atomic mass is 10.1. The lowest BCUT2D eigenvalue weighted by Gasteiger charge is -2.27. The number of imidazole rings is 1. The van der Waals surface area contributed by atoms with Crippen LogP contribution in [0.2, 0.25) is 0 Å². The van der Waals surface area contributed by atoms with E-state index in [1.807, 2.05) is 22.7 Å². The van der Waals surface area contributed by atoms with Crippen LogP contribution in [0, 0.1) is 0 Å². The Morgan fingerprint density at radius 1 is 1.37 bits per heavy atom. The molecule has 102 valence electrons. The Labute approximate surface area is 114 Å². The first-order valence-corrected chi connectivity index (χ1v) is 7.12. The van der Waals surface area contributed by atoms with Gasteiger partial charge in [-0.15, -0.1) is 0 Å². The second-order valence-electron chi connectivity index (χ2n) is 5.79. The first kappa shape index (κ1) is 12.5. The first-order chi connectivity index (χ1) is 9.13. The predicted octanol–water partition coefficient (Wildman–Crippen LogP) is 2.33. The molecule has 1 aliphatic rings. The molecule has 1 unspecified atom stereocenters. The molecule has 0 amide bonds. The summed E-state index contributed by atoms with van der Waals surface area (Å²) in [6.45, 7) is 5.79. The Morgan fingerprint density at radius 3 is 3.00 bits per heavy atom. The normalized spacial score (nSPS) is 20.7. The van der Waals surface area contributed by atoms with Crippen molar-refractivity contribution in [2.75, 3.05) is 12.3 Å². The Kier molecular flexibility index (Phi) is 3.19. The fourth-order valence-corrected chi connectivity index (χ4v) is 3.16. The summed E-state index contributed by atoms with van der Waals surface area (Å²) < 4.78 is 2.03. The Morgan fingerprint density at radius 2 is 2.21 bits per heavy atom. The van der Waals surface area contributed by atoms with Crippen LogP contribution in [-0.4, -0.2) is 32.9 Å². The van der Waals surface area contributed by atoms with Crippen molar-refractivity contribution in [2.45, 2.75) is 45.2 Å². The number of fused-ring (bicyclic) bond motifs is 1. The summed E-state index contributed by atoms with van der Waals surface area (Å²) >= 11 is 0. The molecule has 0 radical (unpaired) electrons. The first-order valence-electron chi connectivity index (χ1n) is 7.12. The zero-order valence-corrected chi connectivity index (χ0v) is 11.7. The van der Waals surface area contributed by atoms with Gasteiger partial charge in [0.2, 0.25) is 0 Å². The van der Waals surface area contributed by atoms with Gasteiger partial charge in [0, 0.05) is 36.6 Å². The van der Waals surface area contributed by atoms with E-state index in [4.69, 9.17) is 10.7 Å². The Bertz CT molecular complexity index is 573. The highest BCUT2D eigenvalue weighted by atomic mass is 15.2. The van der Waals surface area contributed by atoms with E-state index in [1.165, 1.54) is 25.1 Å². The Balaban J connectivity index is 1.81. The van der Waals surface area contributed by atoms with Crippen LogP contribution in [0.5, 0.6) is 0 Å². The van der Waals surface area contributed by atoms with Crippen molar-refractivity contribution >= 4 is 11.3 Å². The number of hydrogen-bond donors (Lipinski definition) is 1. The van der Waals surface area contributed by atoms with Gasteiger partial charge in [0.05, 0.1) is 5.69 Å². The largest absolute Gasteiger partial charge is 0.398 e. The minimum Gasteiger partial charge on any atom is -0.398 e. The van der Waals surface area contributed by atoms with Gasteiger partial charge in [-0.2, -0.15) is 0 Å². The van der Waals surface area contributed by atoms with Gasteiger partial charge in [0.1, 0.15) is 5.65 Å². The number of likely N-dealkylation sites (tertiary alicyclic amines) is 1. The fraction of sp³-hybridized carbons (Fsp3) is 0.533. The van der Waals surface area contributed by atoms with E-state index in [0.29, 0.717) is 12.1 Å². The van der Waals surface area contributed by atoms with Crippen molar-refractivity contribution in [2.24, 2.45) is 0 Å². The third kappa shape index (κ3) is 2.45. The molecule has 0 aliphatic carbocycles. The molecule has 19 heavy (non-hydrogen) atoms. The molecule has 2 N–H and O–H groups in total.